The van der Waals surface area contributed by atoms with Crippen molar-refractivity contribution < 1.29 is 9.47 Å². The van der Waals surface area contributed by atoms with Crippen LogP contribution in [0.25, 0.3) is 22.1 Å². The summed E-state index contributed by atoms with van der Waals surface area (Å²) in [5, 5.41) is 0. The van der Waals surface area contributed by atoms with Crippen LogP contribution in [0.15, 0.2) is 77.6 Å². The van der Waals surface area contributed by atoms with E-state index in [-0.39, 0.29) is 5.56 Å². The molecule has 0 N–H and O–H groups in total. The molecule has 0 radical (unpaired) electrons. The Balaban J connectivity index is 1.31. The molecule has 32 heavy (non-hydrogen) atoms. The van der Waals surface area contributed by atoms with Gasteiger partial charge in [0.15, 0.2) is 4.96 Å². The van der Waals surface area contributed by atoms with Gasteiger partial charge < -0.3 is 9.47 Å². The SMILES string of the molecule is Cc1ccc(OCCCOc2ccccc2C=c2sc3nc4ccccc4n3c2=O)cc1. The second-order valence-electron chi connectivity index (χ2n) is 7.54. The van der Waals surface area contributed by atoms with Crippen LogP contribution >= 0.6 is 11.3 Å². The number of hydrogen-bond donors (Lipinski definition) is 0. The molecule has 6 heteroatoms. The Bertz CT molecular complexity index is 1490. The molecule has 0 aliphatic rings. The number of fused-ring (bicyclic) bond motifs is 3. The molecule has 0 aliphatic carbocycles. The molecule has 2 heterocycles. The zero-order valence-corrected chi connectivity index (χ0v) is 18.5. The average molecular weight is 443 g/mol. The molecule has 0 amide bonds. The minimum Gasteiger partial charge on any atom is -0.493 e. The molecule has 5 nitrogen and oxygen atoms in total. The number of ether oxygens (including phenoxy) is 2. The van der Waals surface area contributed by atoms with E-state index in [1.807, 2.05) is 78.9 Å². The molecular formula is C26H22N2O3S. The number of para-hydroxylation sites is 3. The molecule has 5 aromatic rings. The third kappa shape index (κ3) is 4.09. The van der Waals surface area contributed by atoms with E-state index in [2.05, 4.69) is 11.9 Å². The average Bonchev–Trinajstić information content (AvgIpc) is 3.32. The molecule has 160 valence electrons. The van der Waals surface area contributed by atoms with E-state index in [9.17, 15) is 4.79 Å². The summed E-state index contributed by atoms with van der Waals surface area (Å²) in [4.78, 5) is 18.3. The van der Waals surface area contributed by atoms with Gasteiger partial charge in [0.1, 0.15) is 11.5 Å². The van der Waals surface area contributed by atoms with Crippen LogP contribution in [0.3, 0.4) is 0 Å². The van der Waals surface area contributed by atoms with Gasteiger partial charge in [0, 0.05) is 12.0 Å². The Morgan fingerprint density at radius 3 is 2.56 bits per heavy atom. The van der Waals surface area contributed by atoms with Gasteiger partial charge >= 0.3 is 0 Å². The maximum atomic E-state index is 13.0. The Kier molecular flexibility index (Phi) is 5.60. The minimum atomic E-state index is -0.0556. The van der Waals surface area contributed by atoms with Crippen molar-refractivity contribution >= 4 is 33.4 Å². The number of hydrogen-bond acceptors (Lipinski definition) is 5. The van der Waals surface area contributed by atoms with Gasteiger partial charge in [0.05, 0.1) is 28.8 Å². The van der Waals surface area contributed by atoms with Crippen LogP contribution in [0.2, 0.25) is 0 Å². The van der Waals surface area contributed by atoms with Crippen molar-refractivity contribution in [2.24, 2.45) is 0 Å². The topological polar surface area (TPSA) is 52.8 Å². The van der Waals surface area contributed by atoms with Gasteiger partial charge in [-0.15, -0.1) is 0 Å². The summed E-state index contributed by atoms with van der Waals surface area (Å²) >= 11 is 1.39. The molecular weight excluding hydrogens is 420 g/mol. The van der Waals surface area contributed by atoms with Crippen molar-refractivity contribution in [3.8, 4) is 11.5 Å². The summed E-state index contributed by atoms with van der Waals surface area (Å²) in [6.45, 7) is 3.16. The van der Waals surface area contributed by atoms with Gasteiger partial charge in [-0.05, 0) is 43.3 Å². The molecule has 0 saturated heterocycles. The Hall–Kier alpha value is -3.64. The minimum absolute atomic E-state index is 0.0556. The van der Waals surface area contributed by atoms with Gasteiger partial charge in [-0.2, -0.15) is 0 Å². The molecule has 0 spiro atoms. The van der Waals surface area contributed by atoms with Gasteiger partial charge in [0.2, 0.25) is 0 Å². The molecule has 0 saturated carbocycles. The number of imidazole rings is 1. The quantitative estimate of drug-likeness (QED) is 0.345. The van der Waals surface area contributed by atoms with Crippen LogP contribution in [0.5, 0.6) is 11.5 Å². The molecule has 0 bridgehead atoms. The predicted octanol–water partition coefficient (Wildman–Crippen LogP) is 4.61. The number of rotatable bonds is 7. The third-order valence-corrected chi connectivity index (χ3v) is 6.16. The molecule has 5 rings (SSSR count). The highest BCUT2D eigenvalue weighted by Crippen LogP contribution is 2.20. The molecule has 3 aromatic carbocycles. The number of benzene rings is 3. The van der Waals surface area contributed by atoms with Crippen molar-refractivity contribution in [2.45, 2.75) is 13.3 Å². The van der Waals surface area contributed by atoms with Crippen molar-refractivity contribution in [2.75, 3.05) is 13.2 Å². The highest BCUT2D eigenvalue weighted by Gasteiger charge is 2.11. The smallest absolute Gasteiger partial charge is 0.274 e. The first-order chi connectivity index (χ1) is 15.7. The first-order valence-corrected chi connectivity index (χ1v) is 11.3. The summed E-state index contributed by atoms with van der Waals surface area (Å²) < 4.78 is 14.1. The lowest BCUT2D eigenvalue weighted by Crippen LogP contribution is -2.22. The number of aryl methyl sites for hydroxylation is 1. The first-order valence-electron chi connectivity index (χ1n) is 10.5. The van der Waals surface area contributed by atoms with Crippen molar-refractivity contribution in [1.82, 2.24) is 9.38 Å². The van der Waals surface area contributed by atoms with Crippen LogP contribution in [-0.2, 0) is 0 Å². The van der Waals surface area contributed by atoms with Gasteiger partial charge in [-0.25, -0.2) is 9.38 Å². The third-order valence-electron chi connectivity index (χ3n) is 5.19. The summed E-state index contributed by atoms with van der Waals surface area (Å²) in [6.07, 6.45) is 2.64. The molecule has 0 fully saturated rings. The lowest BCUT2D eigenvalue weighted by atomic mass is 10.2. The van der Waals surface area contributed by atoms with E-state index in [0.29, 0.717) is 22.7 Å². The van der Waals surface area contributed by atoms with Crippen molar-refractivity contribution in [3.05, 3.63) is 98.8 Å². The summed E-state index contributed by atoms with van der Waals surface area (Å²) in [5.74, 6) is 1.61. The monoisotopic (exact) mass is 442 g/mol. The van der Waals surface area contributed by atoms with Gasteiger partial charge in [-0.1, -0.05) is 59.4 Å². The lowest BCUT2D eigenvalue weighted by Gasteiger charge is -2.10. The fraction of sp³-hybridized carbons (Fsp3) is 0.154. The van der Waals surface area contributed by atoms with E-state index >= 15 is 0 Å². The fourth-order valence-corrected chi connectivity index (χ4v) is 4.53. The highest BCUT2D eigenvalue weighted by atomic mass is 32.1. The first kappa shape index (κ1) is 20.3. The normalized spacial score (nSPS) is 12.0. The maximum absolute atomic E-state index is 13.0. The van der Waals surface area contributed by atoms with Gasteiger partial charge in [-0.3, -0.25) is 4.79 Å². The van der Waals surface area contributed by atoms with E-state index in [4.69, 9.17) is 9.47 Å². The maximum Gasteiger partial charge on any atom is 0.274 e. The van der Waals surface area contributed by atoms with Crippen LogP contribution < -0.4 is 19.6 Å². The number of thiazole rings is 1. The summed E-state index contributed by atoms with van der Waals surface area (Å²) in [6, 6.07) is 23.5. The lowest BCUT2D eigenvalue weighted by molar-refractivity contribution is 0.247. The summed E-state index contributed by atoms with van der Waals surface area (Å²) in [7, 11) is 0. The predicted molar refractivity (Wildman–Crippen MR) is 129 cm³/mol. The van der Waals surface area contributed by atoms with E-state index in [1.165, 1.54) is 16.9 Å². The molecule has 0 aliphatic heterocycles. The fourth-order valence-electron chi connectivity index (χ4n) is 3.55. The Morgan fingerprint density at radius 1 is 0.938 bits per heavy atom. The number of nitrogens with zero attached hydrogens (tertiary/aromatic N) is 2. The zero-order valence-electron chi connectivity index (χ0n) is 17.7. The van der Waals surface area contributed by atoms with Crippen LogP contribution in [0.1, 0.15) is 17.5 Å². The Labute approximate surface area is 189 Å². The zero-order chi connectivity index (χ0) is 21.9. The Morgan fingerprint density at radius 2 is 1.69 bits per heavy atom. The molecule has 2 aromatic heterocycles. The van der Waals surface area contributed by atoms with Crippen LogP contribution in [0, 0.1) is 6.92 Å². The van der Waals surface area contributed by atoms with Crippen LogP contribution in [-0.4, -0.2) is 22.6 Å². The van der Waals surface area contributed by atoms with Crippen molar-refractivity contribution in [1.29, 1.82) is 0 Å². The van der Waals surface area contributed by atoms with Crippen LogP contribution in [0.4, 0.5) is 0 Å². The van der Waals surface area contributed by atoms with E-state index < -0.39 is 0 Å². The number of aromatic nitrogens is 2. The second kappa shape index (κ2) is 8.85. The largest absolute Gasteiger partial charge is 0.493 e. The molecule has 0 unspecified atom stereocenters. The highest BCUT2D eigenvalue weighted by molar-refractivity contribution is 7.15. The van der Waals surface area contributed by atoms with Gasteiger partial charge in [0.25, 0.3) is 5.56 Å². The molecule has 0 atom stereocenters. The van der Waals surface area contributed by atoms with E-state index in [1.54, 1.807) is 4.40 Å². The standard InChI is InChI=1S/C26H22N2O3S/c1-18-11-13-20(14-12-18)30-15-6-16-31-23-10-5-2-7-19(23)17-24-25(29)28-22-9-4-3-8-21(22)27-26(28)32-24/h2-5,7-14,17H,6,15-16H2,1H3. The van der Waals surface area contributed by atoms with E-state index in [0.717, 1.165) is 34.5 Å². The second-order valence-corrected chi connectivity index (χ2v) is 8.54. The summed E-state index contributed by atoms with van der Waals surface area (Å²) in [5.41, 5.74) is 3.69. The van der Waals surface area contributed by atoms with Crippen molar-refractivity contribution in [3.63, 3.8) is 0 Å².